The van der Waals surface area contributed by atoms with Gasteiger partial charge in [0.25, 0.3) is 5.91 Å². The normalized spacial score (nSPS) is 11.0. The Bertz CT molecular complexity index is 980. The molecule has 0 aliphatic carbocycles. The van der Waals surface area contributed by atoms with E-state index in [0.717, 1.165) is 23.3 Å². The molecule has 0 radical (unpaired) electrons. The van der Waals surface area contributed by atoms with E-state index in [2.05, 4.69) is 29.5 Å². The largest absolute Gasteiger partial charge is 0.350 e. The first-order chi connectivity index (χ1) is 13.4. The van der Waals surface area contributed by atoms with Gasteiger partial charge < -0.3 is 15.0 Å². The Kier molecular flexibility index (Phi) is 6.31. The first-order valence-corrected chi connectivity index (χ1v) is 9.57. The van der Waals surface area contributed by atoms with Crippen LogP contribution in [0.3, 0.4) is 0 Å². The smallest absolute Gasteiger partial charge is 0.272 e. The number of hydrogen-bond donors (Lipinski definition) is 2. The Morgan fingerprint density at radius 3 is 2.57 bits per heavy atom. The number of nitrogens with zero attached hydrogens (tertiary/aromatic N) is 2. The highest BCUT2D eigenvalue weighted by Gasteiger charge is 2.18. The van der Waals surface area contributed by atoms with E-state index in [1.807, 2.05) is 40.9 Å². The molecule has 0 aliphatic heterocycles. The van der Waals surface area contributed by atoms with E-state index in [1.54, 1.807) is 12.1 Å². The third kappa shape index (κ3) is 4.89. The van der Waals surface area contributed by atoms with E-state index < -0.39 is 0 Å². The molecule has 0 bridgehead atoms. The minimum atomic E-state index is -0.361. The molecule has 3 rings (SSSR count). The van der Waals surface area contributed by atoms with Crippen molar-refractivity contribution in [1.82, 2.24) is 20.0 Å². The van der Waals surface area contributed by atoms with Crippen molar-refractivity contribution in [1.29, 1.82) is 0 Å². The molecule has 2 aromatic heterocycles. The molecule has 2 amide bonds. The van der Waals surface area contributed by atoms with Crippen molar-refractivity contribution in [3.63, 3.8) is 0 Å². The molecule has 0 saturated carbocycles. The molecular formula is C21H23ClN4O2. The van der Waals surface area contributed by atoms with Crippen molar-refractivity contribution >= 4 is 28.9 Å². The minimum Gasteiger partial charge on any atom is -0.350 e. The molecule has 0 spiro atoms. The number of imidazole rings is 1. The van der Waals surface area contributed by atoms with Crippen LogP contribution in [0.1, 0.15) is 35.7 Å². The number of rotatable bonds is 7. The number of amides is 2. The highest BCUT2D eigenvalue weighted by atomic mass is 35.5. The fraction of sp³-hybridized carbons (Fsp3) is 0.286. The number of hydrogen-bond acceptors (Lipinski definition) is 3. The summed E-state index contributed by atoms with van der Waals surface area (Å²) >= 11 is 5.85. The number of fused-ring (bicyclic) bond motifs is 1. The first-order valence-electron chi connectivity index (χ1n) is 9.19. The quantitative estimate of drug-likeness (QED) is 0.641. The summed E-state index contributed by atoms with van der Waals surface area (Å²) in [5.41, 5.74) is 2.00. The summed E-state index contributed by atoms with van der Waals surface area (Å²) in [7, 11) is 0. The summed E-state index contributed by atoms with van der Waals surface area (Å²) in [4.78, 5) is 29.2. The average Bonchev–Trinajstić information content (AvgIpc) is 3.04. The maximum atomic E-state index is 12.6. The maximum absolute atomic E-state index is 12.6. The molecule has 7 heteroatoms. The third-order valence-corrected chi connectivity index (χ3v) is 4.49. The van der Waals surface area contributed by atoms with Gasteiger partial charge in [-0.05, 0) is 35.7 Å². The van der Waals surface area contributed by atoms with E-state index in [9.17, 15) is 9.59 Å². The van der Waals surface area contributed by atoms with Crippen molar-refractivity contribution in [2.24, 2.45) is 5.92 Å². The number of benzene rings is 1. The Balaban J connectivity index is 1.61. The molecule has 2 N–H and O–H groups in total. The van der Waals surface area contributed by atoms with E-state index in [1.165, 1.54) is 0 Å². The van der Waals surface area contributed by atoms with Gasteiger partial charge in [0.05, 0.1) is 12.1 Å². The highest BCUT2D eigenvalue weighted by Crippen LogP contribution is 2.16. The van der Waals surface area contributed by atoms with Gasteiger partial charge in [-0.1, -0.05) is 43.6 Å². The summed E-state index contributed by atoms with van der Waals surface area (Å²) in [6.45, 7) is 4.47. The van der Waals surface area contributed by atoms with Crippen LogP contribution in [0, 0.1) is 5.92 Å². The summed E-state index contributed by atoms with van der Waals surface area (Å²) in [5.74, 6) is 0.623. The maximum Gasteiger partial charge on any atom is 0.272 e. The molecule has 0 unspecified atom stereocenters. The first kappa shape index (κ1) is 19.9. The highest BCUT2D eigenvalue weighted by molar-refractivity contribution is 6.30. The summed E-state index contributed by atoms with van der Waals surface area (Å²) in [6.07, 6.45) is 2.66. The molecule has 146 valence electrons. The van der Waals surface area contributed by atoms with Crippen LogP contribution in [0.25, 0.3) is 5.52 Å². The SMILES string of the molecule is CC(C)Cc1nc(C(=O)NCC(=O)NCc2ccc(Cl)cc2)c2ccccn12. The van der Waals surface area contributed by atoms with E-state index in [4.69, 9.17) is 11.6 Å². The van der Waals surface area contributed by atoms with E-state index in [0.29, 0.717) is 23.2 Å². The Hall–Kier alpha value is -2.86. The van der Waals surface area contributed by atoms with Gasteiger partial charge in [0, 0.05) is 24.2 Å². The Morgan fingerprint density at radius 1 is 1.11 bits per heavy atom. The lowest BCUT2D eigenvalue weighted by Gasteiger charge is -2.06. The molecule has 2 heterocycles. The molecule has 6 nitrogen and oxygen atoms in total. The third-order valence-electron chi connectivity index (χ3n) is 4.24. The second-order valence-corrected chi connectivity index (χ2v) is 7.45. The number of aromatic nitrogens is 2. The molecule has 3 aromatic rings. The average molecular weight is 399 g/mol. The lowest BCUT2D eigenvalue weighted by molar-refractivity contribution is -0.120. The predicted molar refractivity (Wildman–Crippen MR) is 109 cm³/mol. The molecule has 0 fully saturated rings. The summed E-state index contributed by atoms with van der Waals surface area (Å²) < 4.78 is 1.93. The lowest BCUT2D eigenvalue weighted by atomic mass is 10.1. The molecule has 1 aromatic carbocycles. The van der Waals surface area contributed by atoms with Crippen LogP contribution in [-0.2, 0) is 17.8 Å². The molecule has 0 aliphatic rings. The van der Waals surface area contributed by atoms with Gasteiger partial charge in [0.15, 0.2) is 5.69 Å². The topological polar surface area (TPSA) is 75.5 Å². The van der Waals surface area contributed by atoms with Crippen LogP contribution >= 0.6 is 11.6 Å². The molecular weight excluding hydrogens is 376 g/mol. The van der Waals surface area contributed by atoms with E-state index >= 15 is 0 Å². The van der Waals surface area contributed by atoms with Gasteiger partial charge >= 0.3 is 0 Å². The number of pyridine rings is 1. The number of carbonyl (C=O) groups is 2. The van der Waals surface area contributed by atoms with Crippen molar-refractivity contribution < 1.29 is 9.59 Å². The van der Waals surface area contributed by atoms with Crippen molar-refractivity contribution in [3.05, 3.63) is 70.8 Å². The van der Waals surface area contributed by atoms with Crippen LogP contribution in [-0.4, -0.2) is 27.7 Å². The zero-order valence-corrected chi connectivity index (χ0v) is 16.7. The Labute approximate surface area is 168 Å². The zero-order chi connectivity index (χ0) is 20.1. The molecule has 0 saturated heterocycles. The summed E-state index contributed by atoms with van der Waals surface area (Å²) in [6, 6.07) is 12.8. The standard InChI is InChI=1S/C21H23ClN4O2/c1-14(2)11-18-25-20(17-5-3-4-10-26(17)18)21(28)24-13-19(27)23-12-15-6-8-16(22)9-7-15/h3-10,14H,11-13H2,1-2H3,(H,23,27)(H,24,28). The fourth-order valence-electron chi connectivity index (χ4n) is 2.89. The number of carbonyl (C=O) groups excluding carboxylic acids is 2. The number of halogens is 1. The molecule has 0 atom stereocenters. The fourth-order valence-corrected chi connectivity index (χ4v) is 3.01. The van der Waals surface area contributed by atoms with Gasteiger partial charge in [-0.15, -0.1) is 0 Å². The van der Waals surface area contributed by atoms with Crippen LogP contribution in [0.5, 0.6) is 0 Å². The van der Waals surface area contributed by atoms with Gasteiger partial charge in [0.2, 0.25) is 5.91 Å². The summed E-state index contributed by atoms with van der Waals surface area (Å²) in [5, 5.41) is 6.07. The van der Waals surface area contributed by atoms with Crippen molar-refractivity contribution in [2.45, 2.75) is 26.8 Å². The second kappa shape index (κ2) is 8.89. The van der Waals surface area contributed by atoms with Crippen LogP contribution in [0.4, 0.5) is 0 Å². The van der Waals surface area contributed by atoms with Crippen LogP contribution < -0.4 is 10.6 Å². The predicted octanol–water partition coefficient (Wildman–Crippen LogP) is 3.23. The lowest BCUT2D eigenvalue weighted by Crippen LogP contribution is -2.36. The van der Waals surface area contributed by atoms with Gasteiger partial charge in [-0.25, -0.2) is 4.98 Å². The van der Waals surface area contributed by atoms with Crippen molar-refractivity contribution in [3.8, 4) is 0 Å². The van der Waals surface area contributed by atoms with Gasteiger partial charge in [-0.2, -0.15) is 0 Å². The van der Waals surface area contributed by atoms with Crippen LogP contribution in [0.15, 0.2) is 48.7 Å². The van der Waals surface area contributed by atoms with E-state index in [-0.39, 0.29) is 18.4 Å². The number of nitrogens with one attached hydrogen (secondary N) is 2. The van der Waals surface area contributed by atoms with Gasteiger partial charge in [-0.3, -0.25) is 9.59 Å². The molecule has 28 heavy (non-hydrogen) atoms. The minimum absolute atomic E-state index is 0.113. The second-order valence-electron chi connectivity index (χ2n) is 7.02. The zero-order valence-electron chi connectivity index (χ0n) is 15.9. The van der Waals surface area contributed by atoms with Gasteiger partial charge in [0.1, 0.15) is 5.82 Å². The Morgan fingerprint density at radius 2 is 1.86 bits per heavy atom. The monoisotopic (exact) mass is 398 g/mol. The van der Waals surface area contributed by atoms with Crippen LogP contribution in [0.2, 0.25) is 5.02 Å². The van der Waals surface area contributed by atoms with Crippen molar-refractivity contribution in [2.75, 3.05) is 6.54 Å².